The summed E-state index contributed by atoms with van der Waals surface area (Å²) in [7, 11) is 1.78. The Morgan fingerprint density at radius 2 is 2.21 bits per heavy atom. The SMILES string of the molecule is Cc1[nH]c(=S)sc1CC(=O)N1CCCN(C)C(=O)C1. The van der Waals surface area contributed by atoms with Crippen LogP contribution in [0.4, 0.5) is 0 Å². The molecule has 2 amide bonds. The number of nitrogens with one attached hydrogen (secondary N) is 1. The van der Waals surface area contributed by atoms with Crippen LogP contribution in [0.15, 0.2) is 0 Å². The fourth-order valence-electron chi connectivity index (χ4n) is 2.05. The second-order valence-corrected chi connectivity index (χ2v) is 6.50. The number of carbonyl (C=O) groups excluding carboxylic acids is 2. The minimum absolute atomic E-state index is 0.00278. The van der Waals surface area contributed by atoms with Crippen molar-refractivity contribution in [3.63, 3.8) is 0 Å². The highest BCUT2D eigenvalue weighted by Crippen LogP contribution is 2.16. The fourth-order valence-corrected chi connectivity index (χ4v) is 3.34. The molecule has 1 aliphatic heterocycles. The van der Waals surface area contributed by atoms with Crippen LogP contribution in [-0.2, 0) is 16.0 Å². The van der Waals surface area contributed by atoms with Gasteiger partial charge >= 0.3 is 0 Å². The normalized spacial score (nSPS) is 16.6. The first-order chi connectivity index (χ1) is 8.97. The van der Waals surface area contributed by atoms with E-state index in [0.29, 0.717) is 23.5 Å². The number of H-pyrrole nitrogens is 1. The van der Waals surface area contributed by atoms with Crippen molar-refractivity contribution in [2.24, 2.45) is 0 Å². The van der Waals surface area contributed by atoms with Crippen molar-refractivity contribution >= 4 is 35.4 Å². The highest BCUT2D eigenvalue weighted by Gasteiger charge is 2.23. The van der Waals surface area contributed by atoms with Crippen LogP contribution in [0.25, 0.3) is 0 Å². The highest BCUT2D eigenvalue weighted by molar-refractivity contribution is 7.73. The number of amides is 2. The van der Waals surface area contributed by atoms with E-state index in [0.717, 1.165) is 17.0 Å². The van der Waals surface area contributed by atoms with Crippen LogP contribution in [-0.4, -0.2) is 53.3 Å². The highest BCUT2D eigenvalue weighted by atomic mass is 32.1. The predicted octanol–water partition coefficient (Wildman–Crippen LogP) is 1.35. The minimum atomic E-state index is -0.00278. The Morgan fingerprint density at radius 3 is 2.84 bits per heavy atom. The topological polar surface area (TPSA) is 56.4 Å². The second-order valence-electron chi connectivity index (χ2n) is 4.72. The molecule has 0 unspecified atom stereocenters. The summed E-state index contributed by atoms with van der Waals surface area (Å²) in [6.45, 7) is 3.45. The summed E-state index contributed by atoms with van der Waals surface area (Å²) in [5, 5.41) is 0. The molecule has 1 aliphatic rings. The molecule has 104 valence electrons. The molecule has 0 aliphatic carbocycles. The Bertz CT molecular complexity index is 549. The number of aryl methyl sites for hydroxylation is 1. The first-order valence-corrected chi connectivity index (χ1v) is 7.40. The summed E-state index contributed by atoms with van der Waals surface area (Å²) in [5.74, 6) is 0.00118. The molecule has 1 saturated heterocycles. The lowest BCUT2D eigenvalue weighted by molar-refractivity contribution is -0.137. The maximum absolute atomic E-state index is 12.2. The Hall–Kier alpha value is -1.21. The molecule has 5 nitrogen and oxygen atoms in total. The molecule has 1 aromatic heterocycles. The summed E-state index contributed by atoms with van der Waals surface area (Å²) in [6.07, 6.45) is 1.15. The molecule has 0 spiro atoms. The Morgan fingerprint density at radius 1 is 1.47 bits per heavy atom. The molecule has 2 rings (SSSR count). The summed E-state index contributed by atoms with van der Waals surface area (Å²) < 4.78 is 0.687. The van der Waals surface area contributed by atoms with Gasteiger partial charge in [-0.15, -0.1) is 11.3 Å². The largest absolute Gasteiger partial charge is 0.344 e. The number of aromatic nitrogens is 1. The van der Waals surface area contributed by atoms with Crippen molar-refractivity contribution in [3.05, 3.63) is 14.5 Å². The van der Waals surface area contributed by atoms with Crippen molar-refractivity contribution in [2.75, 3.05) is 26.7 Å². The van der Waals surface area contributed by atoms with Crippen LogP contribution in [0.3, 0.4) is 0 Å². The van der Waals surface area contributed by atoms with E-state index in [-0.39, 0.29) is 18.4 Å². The summed E-state index contributed by atoms with van der Waals surface area (Å²) in [6, 6.07) is 0. The third-order valence-electron chi connectivity index (χ3n) is 3.26. The fraction of sp³-hybridized carbons (Fsp3) is 0.583. The average Bonchev–Trinajstić information content (AvgIpc) is 2.55. The monoisotopic (exact) mass is 299 g/mol. The number of aromatic amines is 1. The number of likely N-dealkylation sites (N-methyl/N-ethyl adjacent to an activating group) is 1. The maximum Gasteiger partial charge on any atom is 0.241 e. The van der Waals surface area contributed by atoms with Gasteiger partial charge in [0, 0.05) is 30.7 Å². The van der Waals surface area contributed by atoms with Crippen LogP contribution in [0.1, 0.15) is 17.0 Å². The molecule has 1 fully saturated rings. The lowest BCUT2D eigenvalue weighted by Gasteiger charge is -2.19. The van der Waals surface area contributed by atoms with Crippen LogP contribution >= 0.6 is 23.6 Å². The number of nitrogens with zero attached hydrogens (tertiary/aromatic N) is 2. The second kappa shape index (κ2) is 5.83. The lowest BCUT2D eigenvalue weighted by Crippen LogP contribution is -2.38. The molecular formula is C12H17N3O2S2. The molecule has 0 saturated carbocycles. The van der Waals surface area contributed by atoms with Gasteiger partial charge in [-0.2, -0.15) is 0 Å². The quantitative estimate of drug-likeness (QED) is 0.839. The summed E-state index contributed by atoms with van der Waals surface area (Å²) >= 11 is 6.49. The molecule has 7 heteroatoms. The maximum atomic E-state index is 12.2. The van der Waals surface area contributed by atoms with Gasteiger partial charge in [-0.3, -0.25) is 9.59 Å². The Labute approximate surface area is 121 Å². The van der Waals surface area contributed by atoms with E-state index < -0.39 is 0 Å². The van der Waals surface area contributed by atoms with Crippen molar-refractivity contribution in [1.82, 2.24) is 14.8 Å². The zero-order chi connectivity index (χ0) is 14.0. The predicted molar refractivity (Wildman–Crippen MR) is 76.8 cm³/mol. The first-order valence-electron chi connectivity index (χ1n) is 6.17. The van der Waals surface area contributed by atoms with Gasteiger partial charge < -0.3 is 14.8 Å². The number of hydrogen-bond donors (Lipinski definition) is 1. The van der Waals surface area contributed by atoms with E-state index in [1.165, 1.54) is 11.3 Å². The number of rotatable bonds is 2. The minimum Gasteiger partial charge on any atom is -0.344 e. The van der Waals surface area contributed by atoms with Crippen LogP contribution in [0.2, 0.25) is 0 Å². The van der Waals surface area contributed by atoms with Crippen molar-refractivity contribution < 1.29 is 9.59 Å². The van der Waals surface area contributed by atoms with E-state index in [9.17, 15) is 9.59 Å². The molecule has 1 aromatic rings. The van der Waals surface area contributed by atoms with Gasteiger partial charge in [0.25, 0.3) is 0 Å². The summed E-state index contributed by atoms with van der Waals surface area (Å²) in [5.41, 5.74) is 0.946. The van der Waals surface area contributed by atoms with Crippen LogP contribution in [0.5, 0.6) is 0 Å². The smallest absolute Gasteiger partial charge is 0.241 e. The van der Waals surface area contributed by atoms with E-state index >= 15 is 0 Å². The van der Waals surface area contributed by atoms with Gasteiger partial charge in [0.15, 0.2) is 3.95 Å². The lowest BCUT2D eigenvalue weighted by atomic mass is 10.2. The summed E-state index contributed by atoms with van der Waals surface area (Å²) in [4.78, 5) is 31.3. The van der Waals surface area contributed by atoms with Gasteiger partial charge in [-0.25, -0.2) is 0 Å². The molecular weight excluding hydrogens is 282 g/mol. The third kappa shape index (κ3) is 3.42. The zero-order valence-corrected chi connectivity index (χ0v) is 12.7. The van der Waals surface area contributed by atoms with Gasteiger partial charge in [0.1, 0.15) is 0 Å². The molecule has 1 N–H and O–H groups in total. The number of carbonyl (C=O) groups is 2. The van der Waals surface area contributed by atoms with Crippen molar-refractivity contribution in [1.29, 1.82) is 0 Å². The molecule has 0 bridgehead atoms. The molecule has 0 atom stereocenters. The van der Waals surface area contributed by atoms with E-state index in [1.807, 2.05) is 6.92 Å². The van der Waals surface area contributed by atoms with Gasteiger partial charge in [-0.05, 0) is 25.6 Å². The molecule has 19 heavy (non-hydrogen) atoms. The average molecular weight is 299 g/mol. The van der Waals surface area contributed by atoms with E-state index in [2.05, 4.69) is 4.98 Å². The standard InChI is InChI=1S/C12H17N3O2S2/c1-8-9(19-12(18)13-8)6-10(16)15-5-3-4-14(2)11(17)7-15/h3-7H2,1-2H3,(H,13,18). The van der Waals surface area contributed by atoms with Crippen LogP contribution < -0.4 is 0 Å². The van der Waals surface area contributed by atoms with E-state index in [1.54, 1.807) is 16.8 Å². The first kappa shape index (κ1) is 14.2. The van der Waals surface area contributed by atoms with Gasteiger partial charge in [-0.1, -0.05) is 0 Å². The van der Waals surface area contributed by atoms with Crippen molar-refractivity contribution in [2.45, 2.75) is 19.8 Å². The molecule has 0 aromatic carbocycles. The molecule has 0 radical (unpaired) electrons. The Balaban J connectivity index is 2.05. The van der Waals surface area contributed by atoms with Crippen LogP contribution in [0, 0.1) is 10.9 Å². The van der Waals surface area contributed by atoms with Gasteiger partial charge in [0.2, 0.25) is 11.8 Å². The van der Waals surface area contributed by atoms with E-state index in [4.69, 9.17) is 12.2 Å². The number of thiazole rings is 1. The van der Waals surface area contributed by atoms with Crippen molar-refractivity contribution in [3.8, 4) is 0 Å². The third-order valence-corrected chi connectivity index (χ3v) is 4.60. The molecule has 2 heterocycles. The van der Waals surface area contributed by atoms with Gasteiger partial charge in [0.05, 0.1) is 13.0 Å². The zero-order valence-electron chi connectivity index (χ0n) is 11.1. The Kier molecular flexibility index (Phi) is 4.36. The number of hydrogen-bond acceptors (Lipinski definition) is 4.